The number of carbonyl (C=O) groups excluding carboxylic acids is 1. The highest BCUT2D eigenvalue weighted by Gasteiger charge is 2.29. The van der Waals surface area contributed by atoms with E-state index in [2.05, 4.69) is 85.5 Å². The van der Waals surface area contributed by atoms with Crippen molar-refractivity contribution in [2.75, 3.05) is 25.5 Å². The molecule has 2 aromatic rings. The number of aromatic nitrogens is 1. The first-order chi connectivity index (χ1) is 19.9. The van der Waals surface area contributed by atoms with Crippen molar-refractivity contribution in [2.45, 2.75) is 65.7 Å². The SMILES string of the molecule is C=C(Nc1ccc(C2CN(C(C)=O)C2)cc1)C1=C(/C=C(\CCC)c2cncc(OC)c2C)C=CN/C1=C\CCCC. The number of hydrogen-bond acceptors (Lipinski definition) is 5. The number of ether oxygens (including phenoxy) is 1. The number of amides is 1. The number of methoxy groups -OCH3 is 1. The number of carbonyl (C=O) groups is 1. The van der Waals surface area contributed by atoms with Gasteiger partial charge < -0.3 is 20.3 Å². The molecule has 0 bridgehead atoms. The molecule has 6 heteroatoms. The largest absolute Gasteiger partial charge is 0.495 e. The van der Waals surface area contributed by atoms with Crippen LogP contribution in [0.1, 0.15) is 75.5 Å². The predicted molar refractivity (Wildman–Crippen MR) is 170 cm³/mol. The van der Waals surface area contributed by atoms with Gasteiger partial charge >= 0.3 is 0 Å². The number of unbranched alkanes of at least 4 members (excludes halogenated alkanes) is 2. The van der Waals surface area contributed by atoms with Gasteiger partial charge in [-0.25, -0.2) is 0 Å². The number of allylic oxidation sites excluding steroid dienone is 5. The minimum atomic E-state index is 0.145. The van der Waals surface area contributed by atoms with Gasteiger partial charge in [0.25, 0.3) is 0 Å². The Balaban J connectivity index is 1.67. The third-order valence-corrected chi connectivity index (χ3v) is 7.86. The average molecular weight is 553 g/mol. The smallest absolute Gasteiger partial charge is 0.219 e. The van der Waals surface area contributed by atoms with Gasteiger partial charge in [0.15, 0.2) is 0 Å². The summed E-state index contributed by atoms with van der Waals surface area (Å²) < 4.78 is 5.57. The number of benzene rings is 1. The number of nitrogens with one attached hydrogen (secondary N) is 2. The fourth-order valence-electron chi connectivity index (χ4n) is 5.40. The lowest BCUT2D eigenvalue weighted by Crippen LogP contribution is -2.47. The molecule has 0 radical (unpaired) electrons. The van der Waals surface area contributed by atoms with Crippen LogP contribution in [0, 0.1) is 6.92 Å². The molecule has 0 aliphatic carbocycles. The Morgan fingerprint density at radius 3 is 2.61 bits per heavy atom. The van der Waals surface area contributed by atoms with Crippen molar-refractivity contribution in [3.63, 3.8) is 0 Å². The van der Waals surface area contributed by atoms with Crippen molar-refractivity contribution >= 4 is 17.2 Å². The summed E-state index contributed by atoms with van der Waals surface area (Å²) in [7, 11) is 1.69. The molecule has 3 heterocycles. The van der Waals surface area contributed by atoms with Crippen LogP contribution in [-0.4, -0.2) is 36.0 Å². The predicted octanol–water partition coefficient (Wildman–Crippen LogP) is 7.64. The van der Waals surface area contributed by atoms with Crippen molar-refractivity contribution < 1.29 is 9.53 Å². The van der Waals surface area contributed by atoms with Gasteiger partial charge in [-0.15, -0.1) is 0 Å². The highest BCUT2D eigenvalue weighted by atomic mass is 16.5. The van der Waals surface area contributed by atoms with Gasteiger partial charge in [-0.2, -0.15) is 0 Å². The second-order valence-electron chi connectivity index (χ2n) is 10.8. The first-order valence-electron chi connectivity index (χ1n) is 14.7. The standard InChI is InChI=1S/C35H44N4O2/c1-7-9-10-12-33-35(25(4)38-31-15-13-27(14-16-31)30-22-39(23-30)26(5)40)29(17-18-37-33)19-28(11-8-2)32-20-36-21-34(41-6)24(32)3/h12-21,30,37-38H,4,7-11,22-23H2,1-3,5-6H3/b28-19+,33-12-. The summed E-state index contributed by atoms with van der Waals surface area (Å²) in [5, 5.41) is 7.05. The lowest BCUT2D eigenvalue weighted by molar-refractivity contribution is -0.133. The van der Waals surface area contributed by atoms with Crippen molar-refractivity contribution in [2.24, 2.45) is 0 Å². The number of rotatable bonds is 12. The molecule has 1 aromatic carbocycles. The lowest BCUT2D eigenvalue weighted by Gasteiger charge is -2.39. The van der Waals surface area contributed by atoms with E-state index >= 15 is 0 Å². The quantitative estimate of drug-likeness (QED) is 0.265. The molecule has 0 unspecified atom stereocenters. The Morgan fingerprint density at radius 2 is 1.95 bits per heavy atom. The third-order valence-electron chi connectivity index (χ3n) is 7.86. The second-order valence-corrected chi connectivity index (χ2v) is 10.8. The highest BCUT2D eigenvalue weighted by Crippen LogP contribution is 2.34. The highest BCUT2D eigenvalue weighted by molar-refractivity contribution is 5.75. The van der Waals surface area contributed by atoms with Crippen LogP contribution in [0.5, 0.6) is 5.75 Å². The summed E-state index contributed by atoms with van der Waals surface area (Å²) in [4.78, 5) is 17.9. The summed E-state index contributed by atoms with van der Waals surface area (Å²) in [6, 6.07) is 8.52. The number of hydrogen-bond donors (Lipinski definition) is 2. The van der Waals surface area contributed by atoms with E-state index in [9.17, 15) is 4.79 Å². The Labute approximate surface area is 245 Å². The number of likely N-dealkylation sites (tertiary alicyclic amines) is 1. The molecule has 0 saturated carbocycles. The maximum Gasteiger partial charge on any atom is 0.219 e. The number of dihydropyridines is 1. The van der Waals surface area contributed by atoms with E-state index in [1.54, 1.807) is 20.2 Å². The van der Waals surface area contributed by atoms with E-state index in [4.69, 9.17) is 4.74 Å². The molecule has 0 atom stereocenters. The third kappa shape index (κ3) is 7.18. The molecular formula is C35H44N4O2. The van der Waals surface area contributed by atoms with Gasteiger partial charge in [0.05, 0.1) is 13.3 Å². The van der Waals surface area contributed by atoms with Crippen LogP contribution >= 0.6 is 0 Å². The zero-order chi connectivity index (χ0) is 29.4. The molecule has 2 aliphatic heterocycles. The molecule has 41 heavy (non-hydrogen) atoms. The fraction of sp³-hybridized carbons (Fsp3) is 0.371. The summed E-state index contributed by atoms with van der Waals surface area (Å²) in [6.07, 6.45) is 17.6. The monoisotopic (exact) mass is 552 g/mol. The van der Waals surface area contributed by atoms with E-state index in [1.807, 2.05) is 17.3 Å². The molecule has 1 saturated heterocycles. The Morgan fingerprint density at radius 1 is 1.20 bits per heavy atom. The maximum atomic E-state index is 11.6. The van der Waals surface area contributed by atoms with Crippen LogP contribution in [0.2, 0.25) is 0 Å². The van der Waals surface area contributed by atoms with Crippen LogP contribution in [0.4, 0.5) is 5.69 Å². The summed E-state index contributed by atoms with van der Waals surface area (Å²) >= 11 is 0. The van der Waals surface area contributed by atoms with Gasteiger partial charge in [-0.1, -0.05) is 57.6 Å². The van der Waals surface area contributed by atoms with Gasteiger partial charge in [0.2, 0.25) is 5.91 Å². The summed E-state index contributed by atoms with van der Waals surface area (Å²) in [5.74, 6) is 1.35. The number of nitrogens with zero attached hydrogens (tertiary/aromatic N) is 2. The Hall–Kier alpha value is -4.06. The fourth-order valence-corrected chi connectivity index (χ4v) is 5.40. The zero-order valence-corrected chi connectivity index (χ0v) is 25.2. The van der Waals surface area contributed by atoms with Gasteiger partial charge in [0, 0.05) is 72.1 Å². The molecule has 2 aliphatic rings. The molecule has 1 fully saturated rings. The Kier molecular flexibility index (Phi) is 10.2. The zero-order valence-electron chi connectivity index (χ0n) is 25.2. The van der Waals surface area contributed by atoms with Crippen LogP contribution in [0.15, 0.2) is 90.2 Å². The van der Waals surface area contributed by atoms with E-state index in [1.165, 1.54) is 11.1 Å². The van der Waals surface area contributed by atoms with Gasteiger partial charge in [0.1, 0.15) is 5.75 Å². The number of anilines is 1. The molecule has 1 aromatic heterocycles. The molecule has 216 valence electrons. The summed E-state index contributed by atoms with van der Waals surface area (Å²) in [5.41, 5.74) is 9.74. The molecule has 0 spiro atoms. The number of pyridine rings is 1. The molecular weight excluding hydrogens is 508 g/mol. The van der Waals surface area contributed by atoms with Crippen molar-refractivity contribution in [1.29, 1.82) is 0 Å². The average Bonchev–Trinajstić information content (AvgIpc) is 2.93. The van der Waals surface area contributed by atoms with Crippen LogP contribution < -0.4 is 15.4 Å². The van der Waals surface area contributed by atoms with Gasteiger partial charge in [-0.05, 0) is 61.1 Å². The molecule has 4 rings (SSSR count). The van der Waals surface area contributed by atoms with Crippen LogP contribution in [0.3, 0.4) is 0 Å². The molecule has 2 N–H and O–H groups in total. The maximum absolute atomic E-state index is 11.6. The molecule has 1 amide bonds. The Bertz CT molecular complexity index is 1380. The van der Waals surface area contributed by atoms with Crippen molar-refractivity contribution in [1.82, 2.24) is 15.2 Å². The lowest BCUT2D eigenvalue weighted by atomic mass is 9.91. The van der Waals surface area contributed by atoms with Gasteiger partial charge in [-0.3, -0.25) is 9.78 Å². The van der Waals surface area contributed by atoms with Crippen molar-refractivity contribution in [3.8, 4) is 5.75 Å². The minimum absolute atomic E-state index is 0.145. The minimum Gasteiger partial charge on any atom is -0.495 e. The molecule has 6 nitrogen and oxygen atoms in total. The summed E-state index contributed by atoms with van der Waals surface area (Å²) in [6.45, 7) is 14.2. The first-order valence-corrected chi connectivity index (χ1v) is 14.7. The second kappa shape index (κ2) is 14.0. The topological polar surface area (TPSA) is 66.5 Å². The van der Waals surface area contributed by atoms with E-state index in [0.717, 1.165) is 90.3 Å². The normalized spacial score (nSPS) is 16.5. The van der Waals surface area contributed by atoms with Crippen LogP contribution in [0.25, 0.3) is 5.57 Å². The van der Waals surface area contributed by atoms with E-state index < -0.39 is 0 Å². The van der Waals surface area contributed by atoms with Crippen molar-refractivity contribution in [3.05, 3.63) is 107 Å². The van der Waals surface area contributed by atoms with Crippen LogP contribution in [-0.2, 0) is 4.79 Å². The first kappa shape index (κ1) is 29.9. The van der Waals surface area contributed by atoms with E-state index in [-0.39, 0.29) is 5.91 Å². The van der Waals surface area contributed by atoms with E-state index in [0.29, 0.717) is 5.92 Å².